The standard InChI is InChI=1S/3C21H36O5.Ti/c3*1-6-9-12-23-18-16-20(25-14-11-8-3)19(24-13-10-7-2)15-17(18)21(4,5)26-22;/h3*15-16,22H,6-14H2,1-5H3;/q;;;+3/p-3. The molecule has 0 amide bonds. The van der Waals surface area contributed by atoms with E-state index in [0.29, 0.717) is 128 Å². The molecule has 3 rings (SSSR count). The Morgan fingerprint density at radius 3 is 0.532 bits per heavy atom. The van der Waals surface area contributed by atoms with Crippen molar-refractivity contribution in [1.82, 2.24) is 0 Å². The molecule has 0 spiro atoms. The van der Waals surface area contributed by atoms with Crippen LogP contribution in [0.25, 0.3) is 0 Å². The van der Waals surface area contributed by atoms with Gasteiger partial charge in [0.25, 0.3) is 0 Å². The second-order valence-electron chi connectivity index (χ2n) is 21.0. The van der Waals surface area contributed by atoms with Crippen LogP contribution in [0, 0.1) is 0 Å². The Bertz CT molecular complexity index is 1770. The van der Waals surface area contributed by atoms with E-state index in [1.807, 2.05) is 36.4 Å². The average molecular weight is 1150 g/mol. The number of unbranched alkanes of at least 4 members (excludes halogenated alkanes) is 9. The number of rotatable bonds is 42. The molecule has 1 radical (unpaired) electrons. The number of hydrogen-bond donors (Lipinski definition) is 0. The molecule has 16 heteroatoms. The zero-order valence-corrected chi connectivity index (χ0v) is 53.2. The molecule has 0 saturated carbocycles. The molecule has 0 unspecified atom stereocenters. The fraction of sp³-hybridized carbons (Fsp3) is 0.714. The van der Waals surface area contributed by atoms with Crippen molar-refractivity contribution in [2.45, 2.75) is 236 Å². The van der Waals surface area contributed by atoms with Crippen molar-refractivity contribution >= 4 is 0 Å². The molecule has 79 heavy (non-hydrogen) atoms. The monoisotopic (exact) mass is 1150 g/mol. The molecule has 0 aliphatic heterocycles. The van der Waals surface area contributed by atoms with Crippen LogP contribution in [0.2, 0.25) is 0 Å². The van der Waals surface area contributed by atoms with E-state index >= 15 is 0 Å². The van der Waals surface area contributed by atoms with Gasteiger partial charge in [-0.25, -0.2) is 0 Å². The van der Waals surface area contributed by atoms with Gasteiger partial charge in [0.05, 0.1) is 76.3 Å². The average Bonchev–Trinajstić information content (AvgIpc) is 3.43. The second-order valence-corrected chi connectivity index (χ2v) is 21.0. The molecule has 0 bridgehead atoms. The van der Waals surface area contributed by atoms with Gasteiger partial charge >= 0.3 is 21.7 Å². The Balaban J connectivity index is 0.00000115. The van der Waals surface area contributed by atoms with Crippen molar-refractivity contribution in [1.29, 1.82) is 0 Å². The van der Waals surface area contributed by atoms with E-state index in [1.165, 1.54) is 0 Å². The van der Waals surface area contributed by atoms with Gasteiger partial charge in [0.15, 0.2) is 34.5 Å². The first-order chi connectivity index (χ1) is 37.5. The minimum Gasteiger partial charge on any atom is -0.723 e. The maximum atomic E-state index is 11.3. The Morgan fingerprint density at radius 1 is 0.253 bits per heavy atom. The SMILES string of the molecule is CCCCOc1cc(OCCCC)c(C(C)(C)O[O-])cc1OCCCC.CCCCOc1cc(OCCCC)c(C(C)(C)O[O-])cc1OCCCC.CCCCOc1cc(OCCCC)c(C(C)(C)O[O-])cc1OCCCC.[Ti+3]. The molecule has 3 aromatic carbocycles. The molecule has 0 aliphatic carbocycles. The van der Waals surface area contributed by atoms with Gasteiger partial charge < -0.3 is 73.1 Å². The van der Waals surface area contributed by atoms with E-state index in [4.69, 9.17) is 42.6 Å². The van der Waals surface area contributed by atoms with Crippen LogP contribution in [0.3, 0.4) is 0 Å². The van der Waals surface area contributed by atoms with E-state index in [0.717, 1.165) is 116 Å². The topological polar surface area (TPSA) is 180 Å². The summed E-state index contributed by atoms with van der Waals surface area (Å²) in [6, 6.07) is 11.0. The summed E-state index contributed by atoms with van der Waals surface area (Å²) < 4.78 is 53.4. The van der Waals surface area contributed by atoms with E-state index in [2.05, 4.69) is 77.0 Å². The molecule has 451 valence electrons. The van der Waals surface area contributed by atoms with Crippen molar-refractivity contribution < 1.29 is 94.8 Å². The molecule has 0 saturated heterocycles. The maximum absolute atomic E-state index is 11.3. The van der Waals surface area contributed by atoms with E-state index in [-0.39, 0.29) is 21.7 Å². The molecule has 0 heterocycles. The Labute approximate surface area is 493 Å². The number of ether oxygens (including phenoxy) is 9. The minimum absolute atomic E-state index is 0. The van der Waals surface area contributed by atoms with Crippen LogP contribution in [-0.2, 0) is 53.2 Å². The van der Waals surface area contributed by atoms with Gasteiger partial charge in [-0.05, 0) is 118 Å². The number of hydrogen-bond acceptors (Lipinski definition) is 15. The van der Waals surface area contributed by atoms with Crippen LogP contribution < -0.4 is 58.4 Å². The van der Waals surface area contributed by atoms with Gasteiger partial charge in [0, 0.05) is 34.9 Å². The summed E-state index contributed by atoms with van der Waals surface area (Å²) in [5.41, 5.74) is -1.03. The quantitative estimate of drug-likeness (QED) is 0.0226. The summed E-state index contributed by atoms with van der Waals surface area (Å²) in [6.07, 6.45) is 18.0. The fourth-order valence-corrected chi connectivity index (χ4v) is 7.14. The Kier molecular flexibility index (Phi) is 41.9. The van der Waals surface area contributed by atoms with Crippen molar-refractivity contribution in [2.24, 2.45) is 0 Å². The molecule has 15 nitrogen and oxygen atoms in total. The molecule has 0 atom stereocenters. The van der Waals surface area contributed by atoms with Gasteiger partial charge in [-0.2, -0.15) is 0 Å². The predicted octanol–water partition coefficient (Wildman–Crippen LogP) is 14.2. The normalized spacial score (nSPS) is 11.3. The third-order valence-electron chi connectivity index (χ3n) is 12.5. The van der Waals surface area contributed by atoms with Crippen molar-refractivity contribution in [2.75, 3.05) is 59.5 Å². The predicted molar refractivity (Wildman–Crippen MR) is 305 cm³/mol. The fourth-order valence-electron chi connectivity index (χ4n) is 7.14. The van der Waals surface area contributed by atoms with Gasteiger partial charge in [-0.15, -0.1) is 0 Å². The Hall–Kier alpha value is -3.67. The van der Waals surface area contributed by atoms with Crippen molar-refractivity contribution in [3.8, 4) is 51.7 Å². The summed E-state index contributed by atoms with van der Waals surface area (Å²) in [6.45, 7) is 34.9. The van der Waals surface area contributed by atoms with Gasteiger partial charge in [-0.3, -0.25) is 0 Å². The van der Waals surface area contributed by atoms with Crippen molar-refractivity contribution in [3.63, 3.8) is 0 Å². The van der Waals surface area contributed by atoms with Crippen LogP contribution >= 0.6 is 0 Å². The van der Waals surface area contributed by atoms with Gasteiger partial charge in [-0.1, -0.05) is 120 Å². The van der Waals surface area contributed by atoms with Crippen LogP contribution in [-0.4, -0.2) is 59.5 Å². The van der Waals surface area contributed by atoms with Gasteiger partial charge in [0.1, 0.15) is 17.2 Å². The molecule has 0 N–H and O–H groups in total. The summed E-state index contributed by atoms with van der Waals surface area (Å²) in [4.78, 5) is 13.4. The van der Waals surface area contributed by atoms with Crippen molar-refractivity contribution in [3.05, 3.63) is 53.1 Å². The molecule has 3 aromatic rings. The van der Waals surface area contributed by atoms with E-state index in [9.17, 15) is 15.8 Å². The summed E-state index contributed by atoms with van der Waals surface area (Å²) in [5, 5.41) is 33.8. The van der Waals surface area contributed by atoms with Crippen LogP contribution in [0.4, 0.5) is 0 Å². The van der Waals surface area contributed by atoms with Gasteiger partial charge in [0.2, 0.25) is 0 Å². The summed E-state index contributed by atoms with van der Waals surface area (Å²) in [7, 11) is 0. The molecular weight excluding hydrogens is 1040 g/mol. The first-order valence-electron chi connectivity index (χ1n) is 29.6. The molecule has 0 aromatic heterocycles. The largest absolute Gasteiger partial charge is 3.00 e. The van der Waals surface area contributed by atoms with Crippen LogP contribution in [0.1, 0.15) is 236 Å². The second kappa shape index (κ2) is 44.0. The van der Waals surface area contributed by atoms with E-state index < -0.39 is 16.8 Å². The first-order valence-corrected chi connectivity index (χ1v) is 29.6. The zero-order chi connectivity index (χ0) is 58.2. The molecular formula is C63H105O15Ti. The van der Waals surface area contributed by atoms with E-state index in [1.54, 1.807) is 41.5 Å². The smallest absolute Gasteiger partial charge is 0.723 e. The third-order valence-corrected chi connectivity index (χ3v) is 12.5. The van der Waals surface area contributed by atoms with Crippen LogP contribution in [0.15, 0.2) is 36.4 Å². The summed E-state index contributed by atoms with van der Waals surface area (Å²) in [5.74, 6) is 5.74. The maximum Gasteiger partial charge on any atom is 3.00 e. The molecule has 0 fully saturated rings. The summed E-state index contributed by atoms with van der Waals surface area (Å²) >= 11 is 0. The first kappa shape index (κ1) is 75.3. The number of benzene rings is 3. The molecule has 0 aliphatic rings. The zero-order valence-electron chi connectivity index (χ0n) is 51.7. The Morgan fingerprint density at radius 2 is 0.392 bits per heavy atom. The minimum atomic E-state index is -1.02. The van der Waals surface area contributed by atoms with Crippen LogP contribution in [0.5, 0.6) is 51.7 Å². The third kappa shape index (κ3) is 28.7.